The predicted octanol–water partition coefficient (Wildman–Crippen LogP) is -1.35. The van der Waals surface area contributed by atoms with E-state index in [-0.39, 0.29) is 5.91 Å². The molecule has 19 heavy (non-hydrogen) atoms. The fourth-order valence-electron chi connectivity index (χ4n) is 0.890. The Morgan fingerprint density at radius 2 is 1.84 bits per heavy atom. The number of nitrogens with two attached hydrogens (primary N) is 1. The van der Waals surface area contributed by atoms with E-state index in [9.17, 15) is 9.59 Å². The lowest BCUT2D eigenvalue weighted by Crippen LogP contribution is -2.29. The number of carbonyl (C=O) groups is 2. The van der Waals surface area contributed by atoms with Gasteiger partial charge in [0.25, 0.3) is 0 Å². The second kappa shape index (κ2) is 9.63. The van der Waals surface area contributed by atoms with E-state index in [1.165, 1.54) is 0 Å². The summed E-state index contributed by atoms with van der Waals surface area (Å²) in [5.41, 5.74) is 5.24. The summed E-state index contributed by atoms with van der Waals surface area (Å²) in [7, 11) is -1.34. The van der Waals surface area contributed by atoms with Gasteiger partial charge in [-0.2, -0.15) is 0 Å². The number of hydrogen-bond acceptors (Lipinski definition) is 4. The Hall–Kier alpha value is -2.38. The smallest absolute Gasteiger partial charge is 0.423 e. The average Bonchev–Trinajstić information content (AvgIpc) is 2.39. The number of primary amides is 1. The van der Waals surface area contributed by atoms with Crippen LogP contribution in [-0.2, 0) is 9.59 Å². The number of carbonyl (C=O) groups excluding carboxylic acids is 2. The summed E-state index contributed by atoms with van der Waals surface area (Å²) < 4.78 is 0. The minimum atomic E-state index is -1.34. The molecule has 0 heterocycles. The van der Waals surface area contributed by atoms with Crippen LogP contribution < -0.4 is 16.5 Å². The second-order valence-corrected chi connectivity index (χ2v) is 3.23. The van der Waals surface area contributed by atoms with Crippen LogP contribution in [0.25, 0.3) is 0 Å². The standard InChI is InChI=1S/C6H7BO2.C6H8N2O2/c8-7(9)6-4-2-1-3-5-6;1-2-6(10)8-4-3-5(7)9/h1-5,8-9H;2-4H,1H2,(H2,7,9)(H,8,10). The molecule has 0 unspecified atom stereocenters. The molecular weight excluding hydrogens is 247 g/mol. The summed E-state index contributed by atoms with van der Waals surface area (Å²) >= 11 is 0. The van der Waals surface area contributed by atoms with Gasteiger partial charge in [0.2, 0.25) is 11.8 Å². The van der Waals surface area contributed by atoms with Gasteiger partial charge in [-0.3, -0.25) is 9.59 Å². The highest BCUT2D eigenvalue weighted by Gasteiger charge is 2.07. The zero-order chi connectivity index (χ0) is 14.7. The summed E-state index contributed by atoms with van der Waals surface area (Å²) in [6.07, 6.45) is 3.29. The normalized spacial score (nSPS) is 9.16. The van der Waals surface area contributed by atoms with Crippen molar-refractivity contribution in [3.8, 4) is 0 Å². The topological polar surface area (TPSA) is 113 Å². The van der Waals surface area contributed by atoms with E-state index in [1.807, 2.05) is 6.07 Å². The molecule has 0 aliphatic rings. The van der Waals surface area contributed by atoms with Crippen LogP contribution >= 0.6 is 0 Å². The van der Waals surface area contributed by atoms with E-state index in [2.05, 4.69) is 11.9 Å². The summed E-state index contributed by atoms with van der Waals surface area (Å²) in [4.78, 5) is 20.4. The Labute approximate surface area is 111 Å². The second-order valence-electron chi connectivity index (χ2n) is 3.23. The first kappa shape index (κ1) is 16.6. The highest BCUT2D eigenvalue weighted by Crippen LogP contribution is 1.82. The van der Waals surface area contributed by atoms with Gasteiger partial charge in [-0.25, -0.2) is 0 Å². The van der Waals surface area contributed by atoms with Crippen LogP contribution in [0, 0.1) is 0 Å². The summed E-state index contributed by atoms with van der Waals surface area (Å²) in [6, 6.07) is 8.66. The van der Waals surface area contributed by atoms with Gasteiger partial charge in [0.1, 0.15) is 0 Å². The highest BCUT2D eigenvalue weighted by molar-refractivity contribution is 6.58. The van der Waals surface area contributed by atoms with Crippen LogP contribution in [0.5, 0.6) is 0 Å². The zero-order valence-electron chi connectivity index (χ0n) is 10.2. The first-order chi connectivity index (χ1) is 8.97. The van der Waals surface area contributed by atoms with Crippen molar-refractivity contribution in [2.24, 2.45) is 5.73 Å². The van der Waals surface area contributed by atoms with Crippen molar-refractivity contribution >= 4 is 24.4 Å². The molecule has 1 rings (SSSR count). The van der Waals surface area contributed by atoms with Gasteiger partial charge in [-0.05, 0) is 11.5 Å². The molecule has 6 nitrogen and oxygen atoms in total. The lowest BCUT2D eigenvalue weighted by atomic mass is 9.81. The summed E-state index contributed by atoms with van der Waals surface area (Å²) in [6.45, 7) is 3.20. The molecule has 1 aromatic carbocycles. The van der Waals surface area contributed by atoms with Gasteiger partial charge >= 0.3 is 7.12 Å². The molecule has 5 N–H and O–H groups in total. The molecule has 0 fully saturated rings. The molecule has 0 bridgehead atoms. The van der Waals surface area contributed by atoms with Crippen molar-refractivity contribution in [1.29, 1.82) is 0 Å². The Bertz CT molecular complexity index is 446. The minimum Gasteiger partial charge on any atom is -0.423 e. The summed E-state index contributed by atoms with van der Waals surface area (Å²) in [5, 5.41) is 19.4. The van der Waals surface area contributed by atoms with E-state index in [1.54, 1.807) is 24.3 Å². The van der Waals surface area contributed by atoms with Gasteiger partial charge in [0.15, 0.2) is 0 Å². The van der Waals surface area contributed by atoms with Gasteiger partial charge in [0, 0.05) is 12.3 Å². The van der Waals surface area contributed by atoms with Gasteiger partial charge in [-0.1, -0.05) is 36.9 Å². The van der Waals surface area contributed by atoms with Gasteiger partial charge in [0.05, 0.1) is 0 Å². The van der Waals surface area contributed by atoms with E-state index in [0.717, 1.165) is 18.4 Å². The van der Waals surface area contributed by atoms with Crippen molar-refractivity contribution in [3.05, 3.63) is 55.3 Å². The molecule has 0 saturated heterocycles. The number of rotatable bonds is 4. The number of hydrogen-bond donors (Lipinski definition) is 4. The van der Waals surface area contributed by atoms with Crippen molar-refractivity contribution in [2.45, 2.75) is 0 Å². The third-order valence-electron chi connectivity index (χ3n) is 1.76. The molecule has 0 spiro atoms. The molecule has 0 atom stereocenters. The maximum atomic E-state index is 10.4. The van der Waals surface area contributed by atoms with Gasteiger partial charge < -0.3 is 21.1 Å². The first-order valence-corrected chi connectivity index (χ1v) is 5.27. The van der Waals surface area contributed by atoms with Crippen molar-refractivity contribution in [1.82, 2.24) is 5.32 Å². The Morgan fingerprint density at radius 1 is 1.26 bits per heavy atom. The number of amides is 2. The fraction of sp³-hybridized carbons (Fsp3) is 0. The minimum absolute atomic E-state index is 0.377. The summed E-state index contributed by atoms with van der Waals surface area (Å²) in [5.74, 6) is -0.984. The van der Waals surface area contributed by atoms with E-state index >= 15 is 0 Å². The average molecular weight is 262 g/mol. The largest absolute Gasteiger partial charge is 0.488 e. The van der Waals surface area contributed by atoms with Crippen LogP contribution in [0.2, 0.25) is 0 Å². The highest BCUT2D eigenvalue weighted by atomic mass is 16.4. The first-order valence-electron chi connectivity index (χ1n) is 5.27. The third-order valence-corrected chi connectivity index (χ3v) is 1.76. The monoisotopic (exact) mass is 262 g/mol. The SMILES string of the molecule is C=CC(=O)NC=CC(N)=O.OB(O)c1ccccc1. The molecular formula is C12H15BN2O4. The third kappa shape index (κ3) is 9.34. The van der Waals surface area contributed by atoms with Crippen LogP contribution in [-0.4, -0.2) is 29.0 Å². The number of benzene rings is 1. The van der Waals surface area contributed by atoms with E-state index in [4.69, 9.17) is 15.8 Å². The van der Waals surface area contributed by atoms with E-state index in [0.29, 0.717) is 5.46 Å². The van der Waals surface area contributed by atoms with Crippen LogP contribution in [0.15, 0.2) is 55.3 Å². The molecule has 0 radical (unpaired) electrons. The quantitative estimate of drug-likeness (QED) is 0.397. The zero-order valence-corrected chi connectivity index (χ0v) is 10.2. The predicted molar refractivity (Wildman–Crippen MR) is 72.9 cm³/mol. The Morgan fingerprint density at radius 3 is 2.21 bits per heavy atom. The lowest BCUT2D eigenvalue weighted by molar-refractivity contribution is -0.115. The molecule has 7 heteroatoms. The Balaban J connectivity index is 0.000000342. The molecule has 0 aliphatic heterocycles. The maximum absolute atomic E-state index is 10.4. The van der Waals surface area contributed by atoms with Crippen molar-refractivity contribution in [3.63, 3.8) is 0 Å². The lowest BCUT2D eigenvalue weighted by Gasteiger charge is -1.94. The van der Waals surface area contributed by atoms with Gasteiger partial charge in [-0.15, -0.1) is 0 Å². The molecule has 0 aliphatic carbocycles. The Kier molecular flexibility index (Phi) is 8.43. The molecule has 0 aromatic heterocycles. The van der Waals surface area contributed by atoms with Crippen molar-refractivity contribution in [2.75, 3.05) is 0 Å². The van der Waals surface area contributed by atoms with Crippen molar-refractivity contribution < 1.29 is 19.6 Å². The molecule has 100 valence electrons. The molecule has 0 saturated carbocycles. The van der Waals surface area contributed by atoms with E-state index < -0.39 is 13.0 Å². The number of nitrogens with one attached hydrogen (secondary N) is 1. The maximum Gasteiger partial charge on any atom is 0.488 e. The van der Waals surface area contributed by atoms with Crippen LogP contribution in [0.1, 0.15) is 0 Å². The fourth-order valence-corrected chi connectivity index (χ4v) is 0.890. The van der Waals surface area contributed by atoms with Crippen LogP contribution in [0.3, 0.4) is 0 Å². The van der Waals surface area contributed by atoms with Crippen LogP contribution in [0.4, 0.5) is 0 Å². The molecule has 1 aromatic rings. The molecule has 2 amide bonds.